The molecule has 0 saturated heterocycles. The summed E-state index contributed by atoms with van der Waals surface area (Å²) in [6, 6.07) is 2.99. The number of nitrogens with two attached hydrogens (primary N) is 3. The van der Waals surface area contributed by atoms with E-state index in [-0.39, 0.29) is 28.2 Å². The maximum absolute atomic E-state index is 13.6. The molecule has 94 valence electrons. The van der Waals surface area contributed by atoms with Crippen LogP contribution < -0.4 is 17.2 Å². The highest BCUT2D eigenvalue weighted by Gasteiger charge is 2.16. The molecule has 0 atom stereocenters. The number of nitrogens with zero attached hydrogens (tertiary/aromatic N) is 3. The number of aliphatic imine (C=N–C) groups is 2. The number of guanidine groups is 2. The molecule has 1 aromatic carbocycles. The van der Waals surface area contributed by atoms with Crippen molar-refractivity contribution in [2.45, 2.75) is 0 Å². The third-order valence-electron chi connectivity index (χ3n) is 1.73. The second-order valence-electron chi connectivity index (χ2n) is 3.00. The van der Waals surface area contributed by atoms with Crippen LogP contribution in [0.3, 0.4) is 0 Å². The van der Waals surface area contributed by atoms with Crippen LogP contribution in [0.15, 0.2) is 16.1 Å². The van der Waals surface area contributed by atoms with E-state index in [1.54, 1.807) is 6.07 Å². The standard InChI is InChI=1S/C9H7ClFIN6/c10-4-1-5(12)7(3(2-13)6(4)11)17-9(16)18-8(14)15/h1H,(H6,14,15,16,17,18). The van der Waals surface area contributed by atoms with Gasteiger partial charge in [0, 0.05) is 3.57 Å². The highest BCUT2D eigenvalue weighted by molar-refractivity contribution is 14.1. The van der Waals surface area contributed by atoms with E-state index in [4.69, 9.17) is 34.1 Å². The topological polar surface area (TPSA) is 127 Å². The second-order valence-corrected chi connectivity index (χ2v) is 4.57. The summed E-state index contributed by atoms with van der Waals surface area (Å²) in [6.07, 6.45) is 0. The maximum Gasteiger partial charge on any atom is 0.223 e. The average Bonchev–Trinajstić information content (AvgIpc) is 2.25. The smallest absolute Gasteiger partial charge is 0.223 e. The molecule has 0 aliphatic heterocycles. The van der Waals surface area contributed by atoms with Crippen LogP contribution in [0.4, 0.5) is 10.1 Å². The molecule has 18 heavy (non-hydrogen) atoms. The van der Waals surface area contributed by atoms with Crippen molar-refractivity contribution in [3.05, 3.63) is 26.0 Å². The van der Waals surface area contributed by atoms with E-state index in [0.29, 0.717) is 3.57 Å². The van der Waals surface area contributed by atoms with Crippen LogP contribution in [0.5, 0.6) is 0 Å². The quantitative estimate of drug-likeness (QED) is 0.292. The van der Waals surface area contributed by atoms with Crippen molar-refractivity contribution in [3.8, 4) is 6.07 Å². The van der Waals surface area contributed by atoms with Crippen LogP contribution in [0.25, 0.3) is 0 Å². The molecule has 9 heteroatoms. The fraction of sp³-hybridized carbons (Fsp3) is 0. The fourth-order valence-corrected chi connectivity index (χ4v) is 2.16. The van der Waals surface area contributed by atoms with Gasteiger partial charge in [-0.3, -0.25) is 0 Å². The number of benzene rings is 1. The highest BCUT2D eigenvalue weighted by atomic mass is 127. The zero-order chi connectivity index (χ0) is 13.9. The molecule has 0 aromatic heterocycles. The van der Waals surface area contributed by atoms with Gasteiger partial charge in [0.05, 0.1) is 5.02 Å². The van der Waals surface area contributed by atoms with Crippen molar-refractivity contribution in [2.75, 3.05) is 0 Å². The van der Waals surface area contributed by atoms with Crippen LogP contribution in [-0.4, -0.2) is 11.9 Å². The molecular formula is C9H7ClFIN6. The van der Waals surface area contributed by atoms with Crippen molar-refractivity contribution in [3.63, 3.8) is 0 Å². The maximum atomic E-state index is 13.6. The summed E-state index contributed by atoms with van der Waals surface area (Å²) in [5, 5.41) is 8.72. The van der Waals surface area contributed by atoms with E-state index >= 15 is 0 Å². The van der Waals surface area contributed by atoms with Gasteiger partial charge in [0.15, 0.2) is 11.8 Å². The van der Waals surface area contributed by atoms with Gasteiger partial charge >= 0.3 is 0 Å². The molecular weight excluding hydrogens is 373 g/mol. The molecule has 0 aliphatic carbocycles. The second kappa shape index (κ2) is 5.83. The summed E-state index contributed by atoms with van der Waals surface area (Å²) in [7, 11) is 0. The average molecular weight is 381 g/mol. The summed E-state index contributed by atoms with van der Waals surface area (Å²) in [6.45, 7) is 0. The normalized spacial score (nSPS) is 10.9. The molecule has 0 fully saturated rings. The van der Waals surface area contributed by atoms with Crippen LogP contribution >= 0.6 is 34.2 Å². The summed E-state index contributed by atoms with van der Waals surface area (Å²) >= 11 is 7.46. The monoisotopic (exact) mass is 380 g/mol. The number of nitriles is 1. The van der Waals surface area contributed by atoms with Gasteiger partial charge in [-0.15, -0.1) is 0 Å². The Morgan fingerprint density at radius 1 is 1.44 bits per heavy atom. The van der Waals surface area contributed by atoms with Crippen molar-refractivity contribution in [1.29, 1.82) is 5.26 Å². The van der Waals surface area contributed by atoms with Crippen LogP contribution in [0, 0.1) is 20.7 Å². The molecule has 0 radical (unpaired) electrons. The van der Waals surface area contributed by atoms with Crippen molar-refractivity contribution >= 4 is 51.8 Å². The van der Waals surface area contributed by atoms with Gasteiger partial charge in [0.2, 0.25) is 5.96 Å². The molecule has 6 N–H and O–H groups in total. The molecule has 1 rings (SSSR count). The van der Waals surface area contributed by atoms with E-state index in [0.717, 1.165) is 0 Å². The van der Waals surface area contributed by atoms with Crippen molar-refractivity contribution in [1.82, 2.24) is 0 Å². The van der Waals surface area contributed by atoms with Gasteiger partial charge in [0.25, 0.3) is 0 Å². The van der Waals surface area contributed by atoms with Crippen molar-refractivity contribution < 1.29 is 4.39 Å². The molecule has 1 aromatic rings. The van der Waals surface area contributed by atoms with Crippen LogP contribution in [0.1, 0.15) is 5.56 Å². The number of halogens is 3. The molecule has 0 bridgehead atoms. The van der Waals surface area contributed by atoms with Gasteiger partial charge in [-0.05, 0) is 28.7 Å². The van der Waals surface area contributed by atoms with E-state index in [2.05, 4.69) is 9.98 Å². The summed E-state index contributed by atoms with van der Waals surface area (Å²) in [5.41, 5.74) is 15.4. The minimum atomic E-state index is -0.865. The van der Waals surface area contributed by atoms with Gasteiger partial charge in [-0.25, -0.2) is 9.38 Å². The first kappa shape index (κ1) is 14.5. The minimum Gasteiger partial charge on any atom is -0.370 e. The molecule has 0 aliphatic rings. The SMILES string of the molecule is N#Cc1c(F)c(Cl)cc(I)c1N=C(N)N=C(N)N. The van der Waals surface area contributed by atoms with Crippen LogP contribution in [-0.2, 0) is 0 Å². The lowest BCUT2D eigenvalue weighted by atomic mass is 10.2. The lowest BCUT2D eigenvalue weighted by molar-refractivity contribution is 0.624. The van der Waals surface area contributed by atoms with Gasteiger partial charge in [-0.1, -0.05) is 11.6 Å². The summed E-state index contributed by atoms with van der Waals surface area (Å²) in [4.78, 5) is 7.26. The third kappa shape index (κ3) is 3.21. The van der Waals surface area contributed by atoms with Crippen molar-refractivity contribution in [2.24, 2.45) is 27.2 Å². The Morgan fingerprint density at radius 2 is 2.06 bits per heavy atom. The first-order valence-electron chi connectivity index (χ1n) is 4.38. The van der Waals surface area contributed by atoms with E-state index < -0.39 is 5.82 Å². The molecule has 0 heterocycles. The number of hydrogen-bond donors (Lipinski definition) is 3. The third-order valence-corrected chi connectivity index (χ3v) is 2.82. The first-order chi connectivity index (χ1) is 8.36. The summed E-state index contributed by atoms with van der Waals surface area (Å²) < 4.78 is 14.1. The minimum absolute atomic E-state index is 0.0301. The Hall–Kier alpha value is -1.60. The lowest BCUT2D eigenvalue weighted by Gasteiger charge is -2.05. The molecule has 0 saturated carbocycles. The van der Waals surface area contributed by atoms with Gasteiger partial charge in [-0.2, -0.15) is 10.3 Å². The van der Waals surface area contributed by atoms with Gasteiger partial charge in [0.1, 0.15) is 17.3 Å². The largest absolute Gasteiger partial charge is 0.370 e. The van der Waals surface area contributed by atoms with Gasteiger partial charge < -0.3 is 17.2 Å². The first-order valence-corrected chi connectivity index (χ1v) is 5.84. The number of hydrogen-bond acceptors (Lipinski definition) is 2. The van der Waals surface area contributed by atoms with E-state index in [9.17, 15) is 4.39 Å². The molecule has 6 nitrogen and oxygen atoms in total. The Labute approximate surface area is 120 Å². The molecule has 0 unspecified atom stereocenters. The Morgan fingerprint density at radius 3 is 2.56 bits per heavy atom. The Bertz CT molecular complexity index is 588. The number of rotatable bonds is 1. The predicted molar refractivity (Wildman–Crippen MR) is 75.9 cm³/mol. The van der Waals surface area contributed by atoms with E-state index in [1.165, 1.54) is 6.07 Å². The lowest BCUT2D eigenvalue weighted by Crippen LogP contribution is -2.26. The fourth-order valence-electron chi connectivity index (χ4n) is 1.07. The highest BCUT2D eigenvalue weighted by Crippen LogP contribution is 2.32. The predicted octanol–water partition coefficient (Wildman–Crippen LogP) is 1.17. The summed E-state index contributed by atoms with van der Waals surface area (Å²) in [5.74, 6) is -1.44. The molecule has 0 spiro atoms. The van der Waals surface area contributed by atoms with Crippen LogP contribution in [0.2, 0.25) is 5.02 Å². The Kier molecular flexibility index (Phi) is 4.69. The zero-order valence-electron chi connectivity index (χ0n) is 8.78. The zero-order valence-corrected chi connectivity index (χ0v) is 11.7. The van der Waals surface area contributed by atoms with E-state index in [1.807, 2.05) is 22.6 Å². The Balaban J connectivity index is 3.48. The molecule has 0 amide bonds.